The third kappa shape index (κ3) is 3.39. The Morgan fingerprint density at radius 3 is 2.10 bits per heavy atom. The summed E-state index contributed by atoms with van der Waals surface area (Å²) in [5, 5.41) is 0. The number of carbonyl (C=O) groups is 3. The molecular weight excluding hydrogens is 272 g/mol. The summed E-state index contributed by atoms with van der Waals surface area (Å²) in [6.45, 7) is 1.05. The molecule has 2 amide bonds. The van der Waals surface area contributed by atoms with Crippen LogP contribution >= 0.6 is 0 Å². The number of benzene rings is 1. The van der Waals surface area contributed by atoms with E-state index in [2.05, 4.69) is 0 Å². The van der Waals surface area contributed by atoms with Crippen LogP contribution in [0, 0.1) is 5.92 Å². The van der Waals surface area contributed by atoms with Crippen LogP contribution in [0.2, 0.25) is 0 Å². The Morgan fingerprint density at radius 2 is 1.62 bits per heavy atom. The van der Waals surface area contributed by atoms with E-state index in [4.69, 9.17) is 10.5 Å². The van der Waals surface area contributed by atoms with E-state index < -0.39 is 5.91 Å². The lowest BCUT2D eigenvalue weighted by Gasteiger charge is -2.30. The summed E-state index contributed by atoms with van der Waals surface area (Å²) < 4.78 is 4.72. The van der Waals surface area contributed by atoms with Crippen LogP contribution in [0.1, 0.15) is 33.6 Å². The molecule has 1 aliphatic heterocycles. The van der Waals surface area contributed by atoms with Gasteiger partial charge in [-0.15, -0.1) is 0 Å². The molecule has 0 unspecified atom stereocenters. The van der Waals surface area contributed by atoms with Crippen molar-refractivity contribution < 1.29 is 19.1 Å². The van der Waals surface area contributed by atoms with Gasteiger partial charge in [0.05, 0.1) is 13.0 Å². The Labute approximate surface area is 122 Å². The largest absolute Gasteiger partial charge is 0.469 e. The maximum absolute atomic E-state index is 12.3. The number of carbonyl (C=O) groups excluding carboxylic acids is 3. The monoisotopic (exact) mass is 290 g/mol. The fraction of sp³-hybridized carbons (Fsp3) is 0.400. The molecule has 1 fully saturated rings. The number of hydrogen-bond donors (Lipinski definition) is 1. The van der Waals surface area contributed by atoms with Crippen LogP contribution in [0.15, 0.2) is 24.3 Å². The molecule has 0 bridgehead atoms. The van der Waals surface area contributed by atoms with Crippen LogP contribution in [0.25, 0.3) is 0 Å². The molecule has 1 aromatic carbocycles. The predicted molar refractivity (Wildman–Crippen MR) is 75.6 cm³/mol. The summed E-state index contributed by atoms with van der Waals surface area (Å²) in [4.78, 5) is 36.5. The maximum atomic E-state index is 12.3. The van der Waals surface area contributed by atoms with Gasteiger partial charge in [-0.3, -0.25) is 14.4 Å². The van der Waals surface area contributed by atoms with Crippen LogP contribution in [-0.4, -0.2) is 42.9 Å². The minimum atomic E-state index is -0.520. The Kier molecular flexibility index (Phi) is 4.57. The summed E-state index contributed by atoms with van der Waals surface area (Å²) >= 11 is 0. The van der Waals surface area contributed by atoms with Gasteiger partial charge in [0.1, 0.15) is 0 Å². The highest BCUT2D eigenvalue weighted by molar-refractivity contribution is 5.97. The standard InChI is InChI=1S/C15H18N2O4/c1-21-15(20)12-6-8-17(9-7-12)14(19)11-4-2-10(3-5-11)13(16)18/h2-5,12H,6-9H2,1H3,(H2,16,18). The van der Waals surface area contributed by atoms with Crippen LogP contribution < -0.4 is 5.73 Å². The molecular formula is C15H18N2O4. The average Bonchev–Trinajstić information content (AvgIpc) is 2.53. The molecule has 1 heterocycles. The Balaban J connectivity index is 1.98. The molecule has 6 nitrogen and oxygen atoms in total. The van der Waals surface area contributed by atoms with Crippen molar-refractivity contribution in [2.75, 3.05) is 20.2 Å². The molecule has 112 valence electrons. The molecule has 0 saturated carbocycles. The minimum absolute atomic E-state index is 0.102. The first kappa shape index (κ1) is 15.0. The van der Waals surface area contributed by atoms with E-state index in [1.807, 2.05) is 0 Å². The summed E-state index contributed by atoms with van der Waals surface area (Å²) in [6.07, 6.45) is 1.22. The van der Waals surface area contributed by atoms with Gasteiger partial charge in [0.25, 0.3) is 5.91 Å². The second kappa shape index (κ2) is 6.39. The smallest absolute Gasteiger partial charge is 0.308 e. The zero-order chi connectivity index (χ0) is 15.4. The lowest BCUT2D eigenvalue weighted by atomic mass is 9.96. The maximum Gasteiger partial charge on any atom is 0.308 e. The lowest BCUT2D eigenvalue weighted by Crippen LogP contribution is -2.40. The zero-order valence-corrected chi connectivity index (χ0v) is 11.9. The molecule has 0 radical (unpaired) electrons. The van der Waals surface area contributed by atoms with E-state index in [1.165, 1.54) is 19.2 Å². The number of primary amides is 1. The fourth-order valence-corrected chi connectivity index (χ4v) is 2.44. The van der Waals surface area contributed by atoms with Crippen molar-refractivity contribution in [3.8, 4) is 0 Å². The number of amides is 2. The van der Waals surface area contributed by atoms with Gasteiger partial charge < -0.3 is 15.4 Å². The molecule has 0 aliphatic carbocycles. The van der Waals surface area contributed by atoms with E-state index in [-0.39, 0.29) is 17.8 Å². The molecule has 21 heavy (non-hydrogen) atoms. The third-order valence-corrected chi connectivity index (χ3v) is 3.73. The van der Waals surface area contributed by atoms with Gasteiger partial charge >= 0.3 is 5.97 Å². The fourth-order valence-electron chi connectivity index (χ4n) is 2.44. The van der Waals surface area contributed by atoms with Gasteiger partial charge in [0, 0.05) is 24.2 Å². The van der Waals surface area contributed by atoms with Crippen LogP contribution in [0.4, 0.5) is 0 Å². The molecule has 1 aliphatic rings. The van der Waals surface area contributed by atoms with E-state index in [0.717, 1.165) is 0 Å². The Bertz CT molecular complexity index is 545. The second-order valence-electron chi connectivity index (χ2n) is 5.03. The van der Waals surface area contributed by atoms with Crippen molar-refractivity contribution in [1.29, 1.82) is 0 Å². The van der Waals surface area contributed by atoms with Gasteiger partial charge in [-0.2, -0.15) is 0 Å². The SMILES string of the molecule is COC(=O)C1CCN(C(=O)c2ccc(C(N)=O)cc2)CC1. The average molecular weight is 290 g/mol. The number of piperidine rings is 1. The van der Waals surface area contributed by atoms with Gasteiger partial charge in [0.2, 0.25) is 5.91 Å². The number of hydrogen-bond acceptors (Lipinski definition) is 4. The first-order chi connectivity index (χ1) is 10.0. The molecule has 0 atom stereocenters. The van der Waals surface area contributed by atoms with E-state index in [9.17, 15) is 14.4 Å². The first-order valence-electron chi connectivity index (χ1n) is 6.80. The van der Waals surface area contributed by atoms with Crippen molar-refractivity contribution in [2.45, 2.75) is 12.8 Å². The van der Waals surface area contributed by atoms with Crippen molar-refractivity contribution in [2.24, 2.45) is 11.7 Å². The number of esters is 1. The normalized spacial score (nSPS) is 15.6. The number of rotatable bonds is 3. The molecule has 2 rings (SSSR count). The third-order valence-electron chi connectivity index (χ3n) is 3.73. The first-order valence-corrected chi connectivity index (χ1v) is 6.80. The highest BCUT2D eigenvalue weighted by Crippen LogP contribution is 2.20. The topological polar surface area (TPSA) is 89.7 Å². The van der Waals surface area contributed by atoms with Crippen LogP contribution in [0.5, 0.6) is 0 Å². The van der Waals surface area contributed by atoms with Gasteiger partial charge in [-0.25, -0.2) is 0 Å². The highest BCUT2D eigenvalue weighted by Gasteiger charge is 2.28. The van der Waals surface area contributed by atoms with E-state index in [1.54, 1.807) is 17.0 Å². The molecule has 0 spiro atoms. The molecule has 1 aromatic rings. The molecule has 1 saturated heterocycles. The van der Waals surface area contributed by atoms with Crippen molar-refractivity contribution in [3.05, 3.63) is 35.4 Å². The van der Waals surface area contributed by atoms with Gasteiger partial charge in [-0.05, 0) is 37.1 Å². The number of nitrogens with zero attached hydrogens (tertiary/aromatic N) is 1. The van der Waals surface area contributed by atoms with Crippen LogP contribution in [-0.2, 0) is 9.53 Å². The summed E-state index contributed by atoms with van der Waals surface area (Å²) in [7, 11) is 1.38. The number of ether oxygens (including phenoxy) is 1. The second-order valence-corrected chi connectivity index (χ2v) is 5.03. The highest BCUT2D eigenvalue weighted by atomic mass is 16.5. The minimum Gasteiger partial charge on any atom is -0.469 e. The Hall–Kier alpha value is -2.37. The predicted octanol–water partition coefficient (Wildman–Crippen LogP) is 0.811. The number of methoxy groups -OCH3 is 1. The summed E-state index contributed by atoms with van der Waals surface area (Å²) in [5.74, 6) is -0.966. The lowest BCUT2D eigenvalue weighted by molar-refractivity contribution is -0.146. The quantitative estimate of drug-likeness (QED) is 0.834. The van der Waals surface area contributed by atoms with E-state index >= 15 is 0 Å². The Morgan fingerprint density at radius 1 is 1.10 bits per heavy atom. The van der Waals surface area contributed by atoms with Crippen molar-refractivity contribution in [1.82, 2.24) is 4.90 Å². The van der Waals surface area contributed by atoms with Gasteiger partial charge in [-0.1, -0.05) is 0 Å². The van der Waals surface area contributed by atoms with E-state index in [0.29, 0.717) is 37.1 Å². The summed E-state index contributed by atoms with van der Waals surface area (Å²) in [6, 6.07) is 6.26. The van der Waals surface area contributed by atoms with Crippen molar-refractivity contribution >= 4 is 17.8 Å². The molecule has 2 N–H and O–H groups in total. The van der Waals surface area contributed by atoms with Crippen LogP contribution in [0.3, 0.4) is 0 Å². The van der Waals surface area contributed by atoms with Gasteiger partial charge in [0.15, 0.2) is 0 Å². The number of likely N-dealkylation sites (tertiary alicyclic amines) is 1. The number of nitrogens with two attached hydrogens (primary N) is 1. The zero-order valence-electron chi connectivity index (χ0n) is 11.9. The molecule has 6 heteroatoms. The summed E-state index contributed by atoms with van der Waals surface area (Å²) in [5.41, 5.74) is 6.04. The van der Waals surface area contributed by atoms with Crippen molar-refractivity contribution in [3.63, 3.8) is 0 Å². The molecule has 0 aromatic heterocycles.